The van der Waals surface area contributed by atoms with Crippen LogP contribution in [0.15, 0.2) is 105 Å². The van der Waals surface area contributed by atoms with Crippen molar-refractivity contribution in [1.29, 1.82) is 0 Å². The van der Waals surface area contributed by atoms with Crippen molar-refractivity contribution in [1.82, 2.24) is 0 Å². The number of benzene rings is 2. The summed E-state index contributed by atoms with van der Waals surface area (Å²) in [4.78, 5) is 12.5. The zero-order valence-electron chi connectivity index (χ0n) is 14.4. The van der Waals surface area contributed by atoms with Crippen molar-refractivity contribution in [2.24, 2.45) is 15.4 Å². The minimum absolute atomic E-state index is 0.183. The summed E-state index contributed by atoms with van der Waals surface area (Å²) in [5, 5.41) is 14.1. The number of amides is 1. The molecule has 1 heterocycles. The zero-order chi connectivity index (χ0) is 18.5. The molecule has 1 aliphatic carbocycles. The smallest absolute Gasteiger partial charge is 0.255 e. The predicted octanol–water partition coefficient (Wildman–Crippen LogP) is 5.01. The lowest BCUT2D eigenvalue weighted by Crippen LogP contribution is -2.13. The van der Waals surface area contributed by atoms with Crippen LogP contribution < -0.4 is 10.1 Å². The van der Waals surface area contributed by atoms with Gasteiger partial charge in [-0.25, -0.2) is 0 Å². The molecule has 0 saturated heterocycles. The van der Waals surface area contributed by atoms with Crippen LogP contribution in [0.1, 0.15) is 6.42 Å². The maximum Gasteiger partial charge on any atom is 0.255 e. The van der Waals surface area contributed by atoms with E-state index in [0.717, 1.165) is 11.3 Å². The molecule has 1 aliphatic heterocycles. The van der Waals surface area contributed by atoms with Gasteiger partial charge in [0.05, 0.1) is 0 Å². The monoisotopic (exact) mass is 356 g/mol. The quantitative estimate of drug-likeness (QED) is 0.817. The van der Waals surface area contributed by atoms with Crippen LogP contribution >= 0.6 is 0 Å². The van der Waals surface area contributed by atoms with Gasteiger partial charge in [-0.15, -0.1) is 10.2 Å². The van der Waals surface area contributed by atoms with Crippen molar-refractivity contribution >= 4 is 17.4 Å². The number of rotatable bonds is 5. The standard InChI is InChI=1S/C21H16N4O2/c26-21(16-6-4-5-15(9-10-16)20-23-25-24-20)22-17-11-13-19(14-12-17)27-18-7-2-1-3-8-18/h1-4,6-14H,5H2,(H,22,26). The number of para-hydroxylation sites is 1. The summed E-state index contributed by atoms with van der Waals surface area (Å²) in [6, 6.07) is 16.8. The van der Waals surface area contributed by atoms with Crippen molar-refractivity contribution in [2.45, 2.75) is 6.42 Å². The normalized spacial score (nSPS) is 15.0. The molecule has 2 aliphatic rings. The lowest BCUT2D eigenvalue weighted by atomic mass is 10.1. The molecule has 0 atom stereocenters. The molecule has 27 heavy (non-hydrogen) atoms. The van der Waals surface area contributed by atoms with Crippen LogP contribution in [0.5, 0.6) is 11.5 Å². The van der Waals surface area contributed by atoms with Gasteiger partial charge in [0.2, 0.25) is 5.84 Å². The molecule has 0 aromatic heterocycles. The van der Waals surface area contributed by atoms with Gasteiger partial charge in [-0.05, 0) is 54.1 Å². The number of nitrogens with one attached hydrogen (secondary N) is 1. The fourth-order valence-corrected chi connectivity index (χ4v) is 2.60. The summed E-state index contributed by atoms with van der Waals surface area (Å²) in [5.74, 6) is 1.90. The number of carbonyl (C=O) groups is 1. The molecule has 6 nitrogen and oxygen atoms in total. The Kier molecular flexibility index (Phi) is 4.70. The highest BCUT2D eigenvalue weighted by Gasteiger charge is 2.14. The second kappa shape index (κ2) is 7.61. The van der Waals surface area contributed by atoms with E-state index in [9.17, 15) is 4.79 Å². The highest BCUT2D eigenvalue weighted by atomic mass is 16.5. The van der Waals surface area contributed by atoms with E-state index in [0.29, 0.717) is 29.3 Å². The first-order valence-corrected chi connectivity index (χ1v) is 8.49. The first kappa shape index (κ1) is 16.7. The first-order chi connectivity index (χ1) is 13.3. The van der Waals surface area contributed by atoms with Gasteiger partial charge < -0.3 is 10.1 Å². The molecule has 0 radical (unpaired) electrons. The molecular formula is C21H16N4O2. The number of allylic oxidation sites excluding steroid dienone is 3. The Morgan fingerprint density at radius 1 is 0.963 bits per heavy atom. The van der Waals surface area contributed by atoms with E-state index < -0.39 is 0 Å². The lowest BCUT2D eigenvalue weighted by molar-refractivity contribution is -0.112. The van der Waals surface area contributed by atoms with Gasteiger partial charge in [-0.3, -0.25) is 4.79 Å². The van der Waals surface area contributed by atoms with Crippen LogP contribution in [0.4, 0.5) is 5.69 Å². The van der Waals surface area contributed by atoms with Crippen molar-refractivity contribution < 1.29 is 9.53 Å². The zero-order valence-corrected chi connectivity index (χ0v) is 14.4. The van der Waals surface area contributed by atoms with E-state index in [2.05, 4.69) is 20.8 Å². The summed E-state index contributed by atoms with van der Waals surface area (Å²) in [6.07, 6.45) is 7.98. The van der Waals surface area contributed by atoms with Crippen molar-refractivity contribution in [3.63, 3.8) is 0 Å². The molecule has 2 aromatic rings. The van der Waals surface area contributed by atoms with Gasteiger partial charge in [-0.2, -0.15) is 0 Å². The molecule has 0 bridgehead atoms. The summed E-state index contributed by atoms with van der Waals surface area (Å²) in [6.45, 7) is 0. The van der Waals surface area contributed by atoms with Crippen LogP contribution in [-0.2, 0) is 4.79 Å². The van der Waals surface area contributed by atoms with Gasteiger partial charge in [-0.1, -0.05) is 36.4 Å². The van der Waals surface area contributed by atoms with Crippen LogP contribution in [0.3, 0.4) is 0 Å². The summed E-state index contributed by atoms with van der Waals surface area (Å²) < 4.78 is 5.75. The average Bonchev–Trinajstić information content (AvgIpc) is 2.89. The van der Waals surface area contributed by atoms with Crippen molar-refractivity contribution in [3.8, 4) is 11.5 Å². The Bertz CT molecular complexity index is 1000. The van der Waals surface area contributed by atoms with Crippen molar-refractivity contribution in [3.05, 3.63) is 90.0 Å². The molecule has 0 saturated carbocycles. The maximum atomic E-state index is 12.5. The van der Waals surface area contributed by atoms with Gasteiger partial charge >= 0.3 is 0 Å². The number of hydrogen-bond acceptors (Lipinski definition) is 5. The molecule has 6 heteroatoms. The third-order valence-electron chi connectivity index (χ3n) is 4.02. The molecule has 1 amide bonds. The fourth-order valence-electron chi connectivity index (χ4n) is 2.60. The third-order valence-corrected chi connectivity index (χ3v) is 4.02. The van der Waals surface area contributed by atoms with Gasteiger partial charge in [0, 0.05) is 16.8 Å². The van der Waals surface area contributed by atoms with E-state index in [1.165, 1.54) is 0 Å². The number of hydrogen-bond donors (Lipinski definition) is 1. The maximum absolute atomic E-state index is 12.5. The number of carbonyl (C=O) groups excluding carboxylic acids is 1. The van der Waals surface area contributed by atoms with Crippen molar-refractivity contribution in [2.75, 3.05) is 5.32 Å². The molecule has 132 valence electrons. The molecule has 0 fully saturated rings. The number of amidine groups is 1. The molecule has 2 aromatic carbocycles. The number of anilines is 1. The van der Waals surface area contributed by atoms with E-state index in [4.69, 9.17) is 4.74 Å². The second-order valence-electron chi connectivity index (χ2n) is 5.93. The van der Waals surface area contributed by atoms with Crippen LogP contribution in [0.2, 0.25) is 0 Å². The SMILES string of the molecule is O=C(Nc1ccc(Oc2ccccc2)cc1)C1=CC=C(C2=NN=N2)CC=C1. The summed E-state index contributed by atoms with van der Waals surface area (Å²) in [5.41, 5.74) is 2.19. The predicted molar refractivity (Wildman–Crippen MR) is 104 cm³/mol. The fraction of sp³-hybridized carbons (Fsp3) is 0.0476. The van der Waals surface area contributed by atoms with Crippen LogP contribution in [0.25, 0.3) is 0 Å². The molecule has 4 rings (SSSR count). The highest BCUT2D eigenvalue weighted by Crippen LogP contribution is 2.23. The van der Waals surface area contributed by atoms with E-state index in [-0.39, 0.29) is 5.91 Å². The Hall–Kier alpha value is -3.80. The second-order valence-corrected chi connectivity index (χ2v) is 5.93. The summed E-state index contributed by atoms with van der Waals surface area (Å²) >= 11 is 0. The van der Waals surface area contributed by atoms with Gasteiger partial charge in [0.15, 0.2) is 0 Å². The molecule has 0 spiro atoms. The molecule has 0 unspecified atom stereocenters. The van der Waals surface area contributed by atoms with E-state index in [1.54, 1.807) is 12.2 Å². The van der Waals surface area contributed by atoms with Gasteiger partial charge in [0.25, 0.3) is 5.91 Å². The minimum Gasteiger partial charge on any atom is -0.457 e. The molecular weight excluding hydrogens is 340 g/mol. The third kappa shape index (κ3) is 4.07. The van der Waals surface area contributed by atoms with E-state index in [1.807, 2.05) is 66.7 Å². The first-order valence-electron chi connectivity index (χ1n) is 8.49. The molecule has 1 N–H and O–H groups in total. The largest absolute Gasteiger partial charge is 0.457 e. The van der Waals surface area contributed by atoms with E-state index >= 15 is 0 Å². The summed E-state index contributed by atoms with van der Waals surface area (Å²) in [7, 11) is 0. The Balaban J connectivity index is 1.40. The number of nitrogens with zero attached hydrogens (tertiary/aromatic N) is 3. The lowest BCUT2D eigenvalue weighted by Gasteiger charge is -2.08. The Morgan fingerprint density at radius 3 is 2.41 bits per heavy atom. The topological polar surface area (TPSA) is 75.4 Å². The average molecular weight is 356 g/mol. The number of ether oxygens (including phenoxy) is 1. The van der Waals surface area contributed by atoms with Gasteiger partial charge in [0.1, 0.15) is 11.5 Å². The van der Waals surface area contributed by atoms with Crippen LogP contribution in [-0.4, -0.2) is 11.7 Å². The Labute approximate surface area is 156 Å². The Morgan fingerprint density at radius 2 is 1.70 bits per heavy atom. The highest BCUT2D eigenvalue weighted by molar-refractivity contribution is 6.07. The van der Waals surface area contributed by atoms with Crippen LogP contribution in [0, 0.1) is 0 Å². The minimum atomic E-state index is -0.183.